The second-order valence-electron chi connectivity index (χ2n) is 10.9. The van der Waals surface area contributed by atoms with Gasteiger partial charge < -0.3 is 15.0 Å². The molecule has 1 aromatic carbocycles. The second kappa shape index (κ2) is 9.48. The number of hydrogen-bond donors (Lipinski definition) is 1. The summed E-state index contributed by atoms with van der Waals surface area (Å²) in [6.45, 7) is 5.64. The number of amides is 3. The van der Waals surface area contributed by atoms with Gasteiger partial charge in [0, 0.05) is 55.0 Å². The number of nitrogens with one attached hydrogen (secondary N) is 1. The van der Waals surface area contributed by atoms with Crippen molar-refractivity contribution in [2.45, 2.75) is 26.7 Å². The first-order valence-corrected chi connectivity index (χ1v) is 13.9. The average Bonchev–Trinajstić information content (AvgIpc) is 3.44. The van der Waals surface area contributed by atoms with Gasteiger partial charge >= 0.3 is 0 Å². The van der Waals surface area contributed by atoms with Gasteiger partial charge in [0.1, 0.15) is 4.88 Å². The van der Waals surface area contributed by atoms with E-state index in [9.17, 15) is 14.4 Å². The van der Waals surface area contributed by atoms with Crippen molar-refractivity contribution < 1.29 is 19.1 Å². The first kappa shape index (κ1) is 26.6. The molecule has 2 aliphatic rings. The zero-order valence-corrected chi connectivity index (χ0v) is 24.3. The molecule has 10 nitrogen and oxygen atoms in total. The molecule has 0 radical (unpaired) electrons. The van der Waals surface area contributed by atoms with Crippen LogP contribution in [-0.2, 0) is 4.79 Å². The summed E-state index contributed by atoms with van der Waals surface area (Å²) in [4.78, 5) is 56.2. The highest BCUT2D eigenvalue weighted by Gasteiger charge is 2.53. The second-order valence-corrected chi connectivity index (χ2v) is 11.9. The van der Waals surface area contributed by atoms with Gasteiger partial charge in [-0.3, -0.25) is 19.3 Å². The molecule has 0 saturated carbocycles. The lowest BCUT2D eigenvalue weighted by atomic mass is 9.67. The van der Waals surface area contributed by atoms with E-state index in [1.54, 1.807) is 38.2 Å². The number of fused-ring (bicyclic) bond motifs is 2. The molecule has 1 N–H and O–H groups in total. The molecule has 2 aliphatic heterocycles. The molecule has 4 aromatic rings. The smallest absolute Gasteiger partial charge is 0.262 e. The van der Waals surface area contributed by atoms with Crippen molar-refractivity contribution in [2.75, 3.05) is 26.0 Å². The molecule has 3 aromatic heterocycles. The molecule has 0 aliphatic carbocycles. The number of hydrogen-bond acceptors (Lipinski definition) is 8. The van der Waals surface area contributed by atoms with E-state index in [1.165, 1.54) is 11.1 Å². The maximum absolute atomic E-state index is 14.2. The summed E-state index contributed by atoms with van der Waals surface area (Å²) in [7, 11) is 4.99. The van der Waals surface area contributed by atoms with Crippen LogP contribution in [0.25, 0.3) is 11.3 Å². The largest absolute Gasteiger partial charge is 0.420 e. The van der Waals surface area contributed by atoms with Crippen molar-refractivity contribution in [3.8, 4) is 23.0 Å². The molecule has 6 rings (SSSR count). The van der Waals surface area contributed by atoms with Gasteiger partial charge in [-0.05, 0) is 31.2 Å². The summed E-state index contributed by atoms with van der Waals surface area (Å²) in [5.74, 6) is -0.0735. The van der Waals surface area contributed by atoms with Crippen molar-refractivity contribution in [1.82, 2.24) is 25.2 Å². The number of benzene rings is 1. The minimum absolute atomic E-state index is 0.0759. The monoisotopic (exact) mass is 568 g/mol. The lowest BCUT2D eigenvalue weighted by molar-refractivity contribution is -0.127. The minimum Gasteiger partial charge on any atom is -0.420 e. The van der Waals surface area contributed by atoms with Gasteiger partial charge in [-0.15, -0.1) is 0 Å². The van der Waals surface area contributed by atoms with E-state index in [0.29, 0.717) is 44.4 Å². The number of pyridine rings is 2. The number of anilines is 2. The Kier molecular flexibility index (Phi) is 6.14. The Labute approximate surface area is 241 Å². The van der Waals surface area contributed by atoms with Gasteiger partial charge in [0.25, 0.3) is 11.8 Å². The predicted molar refractivity (Wildman–Crippen MR) is 155 cm³/mol. The number of rotatable bonds is 4. The van der Waals surface area contributed by atoms with Crippen LogP contribution < -0.4 is 15.0 Å². The van der Waals surface area contributed by atoms with Gasteiger partial charge in [0.05, 0.1) is 23.0 Å². The lowest BCUT2D eigenvalue weighted by Gasteiger charge is -2.45. The first-order chi connectivity index (χ1) is 19.5. The number of aryl methyl sites for hydroxylation is 1. The first-order valence-electron chi connectivity index (χ1n) is 13.1. The van der Waals surface area contributed by atoms with Crippen LogP contribution in [0.3, 0.4) is 0 Å². The van der Waals surface area contributed by atoms with Gasteiger partial charge in [0.2, 0.25) is 17.7 Å². The SMILES string of the molecule is CNC(=O)c1cnc(N2C(=O)C(C)(C)[C@@H]3c4ccc(-c5ccc(C(=O)N(C)C)cc5)nc4Oc4nc(C)cc2c43)s1. The Morgan fingerprint density at radius 2 is 1.80 bits per heavy atom. The number of ether oxygens (including phenoxy) is 1. The van der Waals surface area contributed by atoms with Gasteiger partial charge in [-0.2, -0.15) is 0 Å². The van der Waals surface area contributed by atoms with Crippen molar-refractivity contribution in [3.63, 3.8) is 0 Å². The summed E-state index contributed by atoms with van der Waals surface area (Å²) < 4.78 is 6.33. The summed E-state index contributed by atoms with van der Waals surface area (Å²) in [6, 6.07) is 13.0. The standard InChI is InChI=1S/C30H28N6O4S/c1-15-13-20-22-23(30(2,3)28(39)36(20)29-32-14-21(41-29)24(37)31-4)18-11-12-19(34-25(18)40-26(22)33-15)16-7-9-17(10-8-16)27(38)35(5)6/h7-14,23H,1-6H3,(H,31,37)/t23-/m1/s1. The third kappa shape index (κ3) is 4.15. The van der Waals surface area contributed by atoms with Crippen LogP contribution in [-0.4, -0.2) is 58.7 Å². The molecule has 41 heavy (non-hydrogen) atoms. The average molecular weight is 569 g/mol. The Bertz CT molecular complexity index is 1740. The topological polar surface area (TPSA) is 118 Å². The quantitative estimate of drug-likeness (QED) is 0.372. The Morgan fingerprint density at radius 1 is 1.07 bits per heavy atom. The van der Waals surface area contributed by atoms with E-state index in [0.717, 1.165) is 28.0 Å². The lowest BCUT2D eigenvalue weighted by Crippen LogP contribution is -2.47. The Morgan fingerprint density at radius 3 is 2.49 bits per heavy atom. The number of aromatic nitrogens is 3. The fourth-order valence-electron chi connectivity index (χ4n) is 5.43. The number of nitrogens with zero attached hydrogens (tertiary/aromatic N) is 5. The van der Waals surface area contributed by atoms with E-state index >= 15 is 0 Å². The van der Waals surface area contributed by atoms with E-state index in [2.05, 4.69) is 10.3 Å². The summed E-state index contributed by atoms with van der Waals surface area (Å²) in [5, 5.41) is 3.01. The van der Waals surface area contributed by atoms with Crippen LogP contribution in [0.4, 0.5) is 10.8 Å². The normalized spacial score (nSPS) is 16.4. The van der Waals surface area contributed by atoms with E-state index in [-0.39, 0.29) is 23.6 Å². The highest BCUT2D eigenvalue weighted by molar-refractivity contribution is 7.17. The molecule has 0 spiro atoms. The number of thiazole rings is 1. The fourth-order valence-corrected chi connectivity index (χ4v) is 6.31. The summed E-state index contributed by atoms with van der Waals surface area (Å²) >= 11 is 1.15. The van der Waals surface area contributed by atoms with Gasteiger partial charge in [-0.25, -0.2) is 15.0 Å². The molecule has 0 fully saturated rings. The maximum Gasteiger partial charge on any atom is 0.262 e. The Hall–Kier alpha value is -4.64. The van der Waals surface area contributed by atoms with E-state index < -0.39 is 5.41 Å². The Balaban J connectivity index is 1.45. The number of carbonyl (C=O) groups is 3. The maximum atomic E-state index is 14.2. The van der Waals surface area contributed by atoms with Crippen LogP contribution >= 0.6 is 11.3 Å². The third-order valence-electron chi connectivity index (χ3n) is 7.50. The van der Waals surface area contributed by atoms with Crippen LogP contribution in [0.1, 0.15) is 56.6 Å². The van der Waals surface area contributed by atoms with Crippen LogP contribution in [0.5, 0.6) is 11.8 Å². The molecule has 208 valence electrons. The van der Waals surface area contributed by atoms with Crippen molar-refractivity contribution in [2.24, 2.45) is 5.41 Å². The van der Waals surface area contributed by atoms with Crippen molar-refractivity contribution >= 4 is 39.9 Å². The molecule has 0 saturated heterocycles. The minimum atomic E-state index is -0.909. The summed E-state index contributed by atoms with van der Waals surface area (Å²) in [5.41, 5.74) is 4.05. The summed E-state index contributed by atoms with van der Waals surface area (Å²) in [6.07, 6.45) is 1.48. The molecule has 1 atom stereocenters. The highest BCUT2D eigenvalue weighted by Crippen LogP contribution is 2.59. The third-order valence-corrected chi connectivity index (χ3v) is 8.48. The van der Waals surface area contributed by atoms with Crippen LogP contribution in [0.15, 0.2) is 48.7 Å². The molecule has 0 bridgehead atoms. The van der Waals surface area contributed by atoms with E-state index in [4.69, 9.17) is 14.7 Å². The highest BCUT2D eigenvalue weighted by atomic mass is 32.1. The molecule has 3 amide bonds. The van der Waals surface area contributed by atoms with Gasteiger partial charge in [0.15, 0.2) is 5.13 Å². The molecule has 0 unspecified atom stereocenters. The molecule has 11 heteroatoms. The molecular formula is C30H28N6O4S. The predicted octanol–water partition coefficient (Wildman–Crippen LogP) is 4.91. The van der Waals surface area contributed by atoms with Gasteiger partial charge in [-0.1, -0.05) is 43.4 Å². The van der Waals surface area contributed by atoms with Crippen LogP contribution in [0, 0.1) is 12.3 Å². The fraction of sp³-hybridized carbons (Fsp3) is 0.267. The zero-order chi connectivity index (χ0) is 29.2. The number of carbonyl (C=O) groups excluding carboxylic acids is 3. The van der Waals surface area contributed by atoms with Crippen LogP contribution in [0.2, 0.25) is 0 Å². The molecule has 5 heterocycles. The van der Waals surface area contributed by atoms with Crippen molar-refractivity contribution in [1.29, 1.82) is 0 Å². The molecular weight excluding hydrogens is 540 g/mol. The van der Waals surface area contributed by atoms with Crippen molar-refractivity contribution in [3.05, 3.63) is 75.9 Å². The van der Waals surface area contributed by atoms with E-state index in [1.807, 2.05) is 51.1 Å². The zero-order valence-electron chi connectivity index (χ0n) is 23.5.